The second-order valence-electron chi connectivity index (χ2n) is 4.70. The fourth-order valence-corrected chi connectivity index (χ4v) is 2.55. The Morgan fingerprint density at radius 1 is 0.905 bits per heavy atom. The van der Waals surface area contributed by atoms with E-state index in [1.54, 1.807) is 7.11 Å². The van der Waals surface area contributed by atoms with Crippen LogP contribution in [0.25, 0.3) is 21.8 Å². The van der Waals surface area contributed by atoms with Crippen LogP contribution < -0.4 is 11.5 Å². The zero-order valence-corrected chi connectivity index (χ0v) is 13.3. The van der Waals surface area contributed by atoms with Crippen LogP contribution in [0.5, 0.6) is 0 Å². The first-order valence-corrected chi connectivity index (χ1v) is 6.26. The maximum atomic E-state index is 5.90. The number of hydrogen-bond donors (Lipinski definition) is 2. The highest BCUT2D eigenvalue weighted by molar-refractivity contribution is 6.09. The average molecular weight is 328 g/mol. The summed E-state index contributed by atoms with van der Waals surface area (Å²) in [5, 5.41) is 2.39. The van der Waals surface area contributed by atoms with Crippen LogP contribution in [0.3, 0.4) is 0 Å². The Balaban J connectivity index is 0.00000110. The maximum absolute atomic E-state index is 5.90. The van der Waals surface area contributed by atoms with Gasteiger partial charge < -0.3 is 20.8 Å². The summed E-state index contributed by atoms with van der Waals surface area (Å²) in [7, 11) is 1.70. The maximum Gasteiger partial charge on any atom is 0.0642 e. The van der Waals surface area contributed by atoms with Crippen molar-refractivity contribution >= 4 is 58.0 Å². The van der Waals surface area contributed by atoms with Gasteiger partial charge in [0.2, 0.25) is 0 Å². The van der Waals surface area contributed by atoms with E-state index in [0.717, 1.165) is 29.0 Å². The van der Waals surface area contributed by atoms with Crippen molar-refractivity contribution in [3.63, 3.8) is 0 Å². The fourth-order valence-electron chi connectivity index (χ4n) is 2.55. The normalized spacial score (nSPS) is 10.3. The van der Waals surface area contributed by atoms with Gasteiger partial charge in [-0.05, 0) is 24.3 Å². The molecule has 0 amide bonds. The van der Waals surface area contributed by atoms with Crippen LogP contribution >= 0.6 is 24.8 Å². The first-order chi connectivity index (χ1) is 9.20. The molecule has 0 fully saturated rings. The number of rotatable bonds is 3. The van der Waals surface area contributed by atoms with E-state index >= 15 is 0 Å². The molecule has 0 aliphatic heterocycles. The second kappa shape index (κ2) is 6.89. The first-order valence-electron chi connectivity index (χ1n) is 6.26. The van der Waals surface area contributed by atoms with Crippen molar-refractivity contribution in [2.45, 2.75) is 6.54 Å². The molecule has 0 unspecified atom stereocenters. The minimum absolute atomic E-state index is 0. The fraction of sp³-hybridized carbons (Fsp3) is 0.200. The Hall–Kier alpha value is -1.62. The summed E-state index contributed by atoms with van der Waals surface area (Å²) < 4.78 is 7.40. The van der Waals surface area contributed by atoms with Gasteiger partial charge in [0, 0.05) is 35.8 Å². The van der Waals surface area contributed by atoms with Crippen molar-refractivity contribution in [2.24, 2.45) is 0 Å². The molecular formula is C15H19Cl2N3O. The Morgan fingerprint density at radius 3 is 1.81 bits per heavy atom. The highest BCUT2D eigenvalue weighted by Gasteiger charge is 2.10. The minimum Gasteiger partial charge on any atom is -0.399 e. The van der Waals surface area contributed by atoms with E-state index < -0.39 is 0 Å². The molecule has 0 radical (unpaired) electrons. The number of anilines is 2. The third-order valence-corrected chi connectivity index (χ3v) is 3.43. The van der Waals surface area contributed by atoms with E-state index in [2.05, 4.69) is 16.7 Å². The summed E-state index contributed by atoms with van der Waals surface area (Å²) in [6.07, 6.45) is 0. The van der Waals surface area contributed by atoms with Gasteiger partial charge in [0.15, 0.2) is 0 Å². The van der Waals surface area contributed by atoms with Crippen molar-refractivity contribution < 1.29 is 4.74 Å². The van der Waals surface area contributed by atoms with E-state index in [4.69, 9.17) is 16.2 Å². The van der Waals surface area contributed by atoms with Crippen molar-refractivity contribution in [1.29, 1.82) is 0 Å². The third-order valence-electron chi connectivity index (χ3n) is 3.43. The van der Waals surface area contributed by atoms with E-state index in [1.807, 2.05) is 24.3 Å². The van der Waals surface area contributed by atoms with Crippen LogP contribution in [0.1, 0.15) is 0 Å². The lowest BCUT2D eigenvalue weighted by Gasteiger charge is -2.07. The molecule has 114 valence electrons. The molecule has 21 heavy (non-hydrogen) atoms. The number of fused-ring (bicyclic) bond motifs is 3. The number of nitrogen functional groups attached to an aromatic ring is 2. The molecule has 3 rings (SSSR count). The first kappa shape index (κ1) is 17.4. The van der Waals surface area contributed by atoms with E-state index in [9.17, 15) is 0 Å². The Kier molecular flexibility index (Phi) is 5.72. The Morgan fingerprint density at radius 2 is 1.38 bits per heavy atom. The second-order valence-corrected chi connectivity index (χ2v) is 4.70. The lowest BCUT2D eigenvalue weighted by Crippen LogP contribution is -2.04. The molecule has 1 heterocycles. The van der Waals surface area contributed by atoms with E-state index in [1.165, 1.54) is 10.8 Å². The summed E-state index contributed by atoms with van der Waals surface area (Å²) in [4.78, 5) is 0. The average Bonchev–Trinajstić information content (AvgIpc) is 2.68. The number of nitrogens with zero attached hydrogens (tertiary/aromatic N) is 1. The highest BCUT2D eigenvalue weighted by Crippen LogP contribution is 2.31. The van der Waals surface area contributed by atoms with Gasteiger partial charge in [-0.1, -0.05) is 12.1 Å². The molecule has 6 heteroatoms. The molecule has 0 aliphatic rings. The summed E-state index contributed by atoms with van der Waals surface area (Å²) in [5.41, 5.74) is 15.6. The van der Waals surface area contributed by atoms with Gasteiger partial charge in [-0.2, -0.15) is 0 Å². The number of halogens is 2. The van der Waals surface area contributed by atoms with Crippen LogP contribution in [-0.4, -0.2) is 18.3 Å². The minimum atomic E-state index is 0. The molecule has 3 aromatic rings. The topological polar surface area (TPSA) is 66.2 Å². The number of hydrogen-bond acceptors (Lipinski definition) is 3. The highest BCUT2D eigenvalue weighted by atomic mass is 35.5. The largest absolute Gasteiger partial charge is 0.399 e. The van der Waals surface area contributed by atoms with Gasteiger partial charge in [0.05, 0.1) is 17.6 Å². The van der Waals surface area contributed by atoms with Crippen molar-refractivity contribution in [2.75, 3.05) is 25.2 Å². The SMILES string of the molecule is COCCn1c2cc(N)ccc2c2ccc(N)cc21.Cl.Cl. The van der Waals surface area contributed by atoms with Crippen LogP contribution in [-0.2, 0) is 11.3 Å². The summed E-state index contributed by atoms with van der Waals surface area (Å²) in [6, 6.07) is 12.0. The number of aromatic nitrogens is 1. The van der Waals surface area contributed by atoms with Crippen molar-refractivity contribution in [3.05, 3.63) is 36.4 Å². The lowest BCUT2D eigenvalue weighted by atomic mass is 10.1. The smallest absolute Gasteiger partial charge is 0.0642 e. The van der Waals surface area contributed by atoms with Crippen molar-refractivity contribution in [1.82, 2.24) is 4.57 Å². The molecule has 0 saturated carbocycles. The molecule has 0 spiro atoms. The van der Waals surface area contributed by atoms with E-state index in [0.29, 0.717) is 6.61 Å². The van der Waals surface area contributed by atoms with Crippen LogP contribution in [0.4, 0.5) is 11.4 Å². The monoisotopic (exact) mass is 327 g/mol. The molecule has 0 saturated heterocycles. The summed E-state index contributed by atoms with van der Waals surface area (Å²) in [6.45, 7) is 1.44. The standard InChI is InChI=1S/C15H17N3O.2ClH/c1-19-7-6-18-14-8-10(16)2-4-12(14)13-5-3-11(17)9-15(13)18;;/h2-5,8-9H,6-7,16-17H2,1H3;2*1H. The molecule has 1 aromatic heterocycles. The third kappa shape index (κ3) is 3.02. The zero-order chi connectivity index (χ0) is 13.4. The zero-order valence-electron chi connectivity index (χ0n) is 11.7. The van der Waals surface area contributed by atoms with Gasteiger partial charge >= 0.3 is 0 Å². The Labute approximate surface area is 135 Å². The molecule has 0 bridgehead atoms. The van der Waals surface area contributed by atoms with E-state index in [-0.39, 0.29) is 24.8 Å². The van der Waals surface area contributed by atoms with Gasteiger partial charge in [-0.15, -0.1) is 24.8 Å². The quantitative estimate of drug-likeness (QED) is 0.724. The van der Waals surface area contributed by atoms with Crippen molar-refractivity contribution in [3.8, 4) is 0 Å². The number of methoxy groups -OCH3 is 1. The summed E-state index contributed by atoms with van der Waals surface area (Å²) >= 11 is 0. The van der Waals surface area contributed by atoms with Crippen LogP contribution in [0.2, 0.25) is 0 Å². The number of benzene rings is 2. The van der Waals surface area contributed by atoms with Gasteiger partial charge in [-0.25, -0.2) is 0 Å². The van der Waals surface area contributed by atoms with Gasteiger partial charge in [0.1, 0.15) is 0 Å². The van der Waals surface area contributed by atoms with Crippen LogP contribution in [0, 0.1) is 0 Å². The molecule has 0 aliphatic carbocycles. The predicted octanol–water partition coefficient (Wildman–Crippen LogP) is 3.45. The van der Waals surface area contributed by atoms with Gasteiger partial charge in [0.25, 0.3) is 0 Å². The Bertz CT molecular complexity index is 696. The molecule has 4 N–H and O–H groups in total. The molecule has 2 aromatic carbocycles. The summed E-state index contributed by atoms with van der Waals surface area (Å²) in [5.74, 6) is 0. The number of ether oxygens (including phenoxy) is 1. The molecule has 4 nitrogen and oxygen atoms in total. The lowest BCUT2D eigenvalue weighted by molar-refractivity contribution is 0.189. The predicted molar refractivity (Wildman–Crippen MR) is 94.6 cm³/mol. The number of nitrogens with two attached hydrogens (primary N) is 2. The van der Waals surface area contributed by atoms with Crippen LogP contribution in [0.15, 0.2) is 36.4 Å². The molecule has 0 atom stereocenters. The molecular weight excluding hydrogens is 309 g/mol. The van der Waals surface area contributed by atoms with Gasteiger partial charge in [-0.3, -0.25) is 0 Å².